The first-order valence-corrected chi connectivity index (χ1v) is 6.17. The van der Waals surface area contributed by atoms with Crippen LogP contribution in [0.4, 0.5) is 4.39 Å². The van der Waals surface area contributed by atoms with Crippen LogP contribution in [0.5, 0.6) is 0 Å². The highest BCUT2D eigenvalue weighted by atomic mass is 19.1. The minimum atomic E-state index is -1.16. The van der Waals surface area contributed by atoms with Crippen LogP contribution in [0.3, 0.4) is 0 Å². The predicted octanol–water partition coefficient (Wildman–Crippen LogP) is 3.39. The van der Waals surface area contributed by atoms with Gasteiger partial charge in [0, 0.05) is 0 Å². The van der Waals surface area contributed by atoms with Crippen molar-refractivity contribution in [2.24, 2.45) is 0 Å². The Hall–Kier alpha value is -1.41. The van der Waals surface area contributed by atoms with Gasteiger partial charge in [-0.05, 0) is 42.3 Å². The average Bonchev–Trinajstić information content (AvgIpc) is 2.39. The van der Waals surface area contributed by atoms with Crippen LogP contribution in [0.25, 0.3) is 10.8 Å². The molecule has 1 heterocycles. The van der Waals surface area contributed by atoms with Gasteiger partial charge in [0.25, 0.3) is 0 Å². The highest BCUT2D eigenvalue weighted by Gasteiger charge is 2.34. The summed E-state index contributed by atoms with van der Waals surface area (Å²) in [6.45, 7) is 1.53. The van der Waals surface area contributed by atoms with Crippen LogP contribution in [0.15, 0.2) is 42.5 Å². The standard InChI is InChI=1S/C15H16FN/c16-15(8-10-17-11-9-15)14-7-3-5-12-4-1-2-6-13(12)14/h1-7,17H,8-11H2. The van der Waals surface area contributed by atoms with Crippen LogP contribution in [-0.2, 0) is 5.67 Å². The van der Waals surface area contributed by atoms with Crippen molar-refractivity contribution in [3.05, 3.63) is 48.0 Å². The minimum Gasteiger partial charge on any atom is -0.316 e. The highest BCUT2D eigenvalue weighted by Crippen LogP contribution is 2.38. The van der Waals surface area contributed by atoms with Crippen molar-refractivity contribution in [3.8, 4) is 0 Å². The van der Waals surface area contributed by atoms with Gasteiger partial charge in [0.2, 0.25) is 0 Å². The molecule has 0 atom stereocenters. The fraction of sp³-hybridized carbons (Fsp3) is 0.333. The Morgan fingerprint density at radius 1 is 0.941 bits per heavy atom. The van der Waals surface area contributed by atoms with Crippen molar-refractivity contribution in [2.75, 3.05) is 13.1 Å². The molecule has 2 heteroatoms. The summed E-state index contributed by atoms with van der Waals surface area (Å²) in [4.78, 5) is 0. The zero-order chi connectivity index (χ0) is 11.7. The molecule has 1 saturated heterocycles. The molecule has 0 saturated carbocycles. The number of hydrogen-bond donors (Lipinski definition) is 1. The molecule has 0 bridgehead atoms. The molecule has 3 rings (SSSR count). The molecule has 1 N–H and O–H groups in total. The molecule has 0 spiro atoms. The normalized spacial score (nSPS) is 19.4. The molecular formula is C15H16FN. The highest BCUT2D eigenvalue weighted by molar-refractivity contribution is 5.86. The minimum absolute atomic E-state index is 0.570. The molecule has 0 aliphatic carbocycles. The summed E-state index contributed by atoms with van der Waals surface area (Å²) in [6.07, 6.45) is 1.14. The van der Waals surface area contributed by atoms with Crippen LogP contribution in [0, 0.1) is 0 Å². The summed E-state index contributed by atoms with van der Waals surface area (Å²) in [7, 11) is 0. The molecule has 1 fully saturated rings. The Morgan fingerprint density at radius 3 is 2.47 bits per heavy atom. The van der Waals surface area contributed by atoms with Gasteiger partial charge < -0.3 is 5.32 Å². The van der Waals surface area contributed by atoms with Crippen LogP contribution >= 0.6 is 0 Å². The first-order chi connectivity index (χ1) is 8.30. The van der Waals surface area contributed by atoms with Crippen molar-refractivity contribution in [2.45, 2.75) is 18.5 Å². The van der Waals surface area contributed by atoms with Crippen LogP contribution in [0.1, 0.15) is 18.4 Å². The van der Waals surface area contributed by atoms with Crippen molar-refractivity contribution in [3.63, 3.8) is 0 Å². The maximum atomic E-state index is 15.0. The number of fused-ring (bicyclic) bond motifs is 1. The molecule has 1 nitrogen and oxygen atoms in total. The zero-order valence-corrected chi connectivity index (χ0v) is 9.75. The lowest BCUT2D eigenvalue weighted by molar-refractivity contribution is 0.117. The smallest absolute Gasteiger partial charge is 0.139 e. The predicted molar refractivity (Wildman–Crippen MR) is 68.8 cm³/mol. The Kier molecular flexibility index (Phi) is 2.60. The SMILES string of the molecule is FC1(c2cccc3ccccc23)CCNCC1. The quantitative estimate of drug-likeness (QED) is 0.790. The topological polar surface area (TPSA) is 12.0 Å². The largest absolute Gasteiger partial charge is 0.316 e. The van der Waals surface area contributed by atoms with E-state index in [-0.39, 0.29) is 0 Å². The number of alkyl halides is 1. The molecule has 0 amide bonds. The van der Waals surface area contributed by atoms with Gasteiger partial charge in [0.05, 0.1) is 0 Å². The summed E-state index contributed by atoms with van der Waals surface area (Å²) in [5, 5.41) is 5.40. The van der Waals surface area contributed by atoms with E-state index in [4.69, 9.17) is 0 Å². The second-order valence-corrected chi connectivity index (χ2v) is 4.74. The van der Waals surface area contributed by atoms with Gasteiger partial charge in [-0.3, -0.25) is 0 Å². The van der Waals surface area contributed by atoms with E-state index in [0.29, 0.717) is 12.8 Å². The fourth-order valence-electron chi connectivity index (χ4n) is 2.71. The first kappa shape index (κ1) is 10.7. The lowest BCUT2D eigenvalue weighted by Crippen LogP contribution is -2.36. The van der Waals surface area contributed by atoms with E-state index in [1.54, 1.807) is 0 Å². The van der Waals surface area contributed by atoms with Crippen LogP contribution in [-0.4, -0.2) is 13.1 Å². The Bertz CT molecular complexity index is 524. The van der Waals surface area contributed by atoms with E-state index in [9.17, 15) is 4.39 Å². The Labute approximate surface area is 101 Å². The number of benzene rings is 2. The van der Waals surface area contributed by atoms with Gasteiger partial charge in [-0.15, -0.1) is 0 Å². The Balaban J connectivity index is 2.16. The van der Waals surface area contributed by atoms with Gasteiger partial charge in [-0.2, -0.15) is 0 Å². The molecule has 0 unspecified atom stereocenters. The second kappa shape index (κ2) is 4.11. The Morgan fingerprint density at radius 2 is 1.65 bits per heavy atom. The van der Waals surface area contributed by atoms with Crippen molar-refractivity contribution in [1.82, 2.24) is 5.32 Å². The van der Waals surface area contributed by atoms with E-state index < -0.39 is 5.67 Å². The molecule has 2 aromatic rings. The van der Waals surface area contributed by atoms with E-state index in [1.165, 1.54) is 0 Å². The van der Waals surface area contributed by atoms with Crippen molar-refractivity contribution >= 4 is 10.8 Å². The maximum absolute atomic E-state index is 15.0. The molecule has 0 radical (unpaired) electrons. The summed E-state index contributed by atoms with van der Waals surface area (Å²) in [5.74, 6) is 0. The monoisotopic (exact) mass is 229 g/mol. The van der Waals surface area contributed by atoms with E-state index in [0.717, 1.165) is 29.4 Å². The van der Waals surface area contributed by atoms with Crippen molar-refractivity contribution in [1.29, 1.82) is 0 Å². The summed E-state index contributed by atoms with van der Waals surface area (Å²) < 4.78 is 15.0. The van der Waals surface area contributed by atoms with E-state index in [1.807, 2.05) is 42.5 Å². The number of nitrogens with one attached hydrogen (secondary N) is 1. The van der Waals surface area contributed by atoms with Gasteiger partial charge in [-0.25, -0.2) is 4.39 Å². The van der Waals surface area contributed by atoms with Crippen LogP contribution < -0.4 is 5.32 Å². The first-order valence-electron chi connectivity index (χ1n) is 6.17. The number of rotatable bonds is 1. The molecule has 17 heavy (non-hydrogen) atoms. The van der Waals surface area contributed by atoms with Crippen molar-refractivity contribution < 1.29 is 4.39 Å². The molecule has 1 aliphatic heterocycles. The third kappa shape index (κ3) is 1.83. The van der Waals surface area contributed by atoms with Crippen LogP contribution in [0.2, 0.25) is 0 Å². The van der Waals surface area contributed by atoms with Gasteiger partial charge in [-0.1, -0.05) is 42.5 Å². The zero-order valence-electron chi connectivity index (χ0n) is 9.75. The number of hydrogen-bond acceptors (Lipinski definition) is 1. The number of halogens is 1. The summed E-state index contributed by atoms with van der Waals surface area (Å²) >= 11 is 0. The van der Waals surface area contributed by atoms with E-state index in [2.05, 4.69) is 5.32 Å². The average molecular weight is 229 g/mol. The third-order valence-corrected chi connectivity index (χ3v) is 3.67. The molecule has 1 aliphatic rings. The third-order valence-electron chi connectivity index (χ3n) is 3.67. The molecule has 88 valence electrons. The summed E-state index contributed by atoms with van der Waals surface area (Å²) in [6, 6.07) is 14.0. The lowest BCUT2D eigenvalue weighted by atomic mass is 9.84. The second-order valence-electron chi connectivity index (χ2n) is 4.74. The fourth-order valence-corrected chi connectivity index (χ4v) is 2.71. The molecule has 2 aromatic carbocycles. The number of piperidine rings is 1. The maximum Gasteiger partial charge on any atom is 0.139 e. The summed E-state index contributed by atoms with van der Waals surface area (Å²) in [5.41, 5.74) is -0.302. The van der Waals surface area contributed by atoms with Gasteiger partial charge >= 0.3 is 0 Å². The van der Waals surface area contributed by atoms with E-state index >= 15 is 0 Å². The lowest BCUT2D eigenvalue weighted by Gasteiger charge is -2.31. The van der Waals surface area contributed by atoms with Gasteiger partial charge in [0.1, 0.15) is 5.67 Å². The van der Waals surface area contributed by atoms with Gasteiger partial charge in [0.15, 0.2) is 0 Å². The molecule has 0 aromatic heterocycles. The molecular weight excluding hydrogens is 213 g/mol.